The molecule has 0 aliphatic heterocycles. The Morgan fingerprint density at radius 3 is 2.50 bits per heavy atom. The highest BCUT2D eigenvalue weighted by atomic mass is 35.5. The van der Waals surface area contributed by atoms with Crippen LogP contribution in [-0.4, -0.2) is 31.9 Å². The number of carbonyl (C=O) groups is 1. The lowest BCUT2D eigenvalue weighted by molar-refractivity contribution is 0.0602. The van der Waals surface area contributed by atoms with E-state index in [9.17, 15) is 13.2 Å². The normalized spacial score (nSPS) is 14.5. The standard InChI is InChI=1S/C14H12Cl2N2O5S/c1-22-14(19)11-12(10-8(15)3-2-4-9(10)16)17-23-13(11)18-24(20,21)7-5-6-7/h2-4,7,18H,5-6H2,1H3. The van der Waals surface area contributed by atoms with E-state index >= 15 is 0 Å². The van der Waals surface area contributed by atoms with Crippen molar-refractivity contribution in [1.29, 1.82) is 0 Å². The Labute approximate surface area is 147 Å². The Kier molecular flexibility index (Phi) is 4.46. The maximum absolute atomic E-state index is 12.1. The molecule has 0 atom stereocenters. The summed E-state index contributed by atoms with van der Waals surface area (Å²) in [5.41, 5.74) is 0.0736. The number of hydrogen-bond acceptors (Lipinski definition) is 6. The molecule has 1 aromatic heterocycles. The molecule has 0 unspecified atom stereocenters. The Hall–Kier alpha value is -1.77. The lowest BCUT2D eigenvalue weighted by atomic mass is 10.1. The highest BCUT2D eigenvalue weighted by molar-refractivity contribution is 7.93. The highest BCUT2D eigenvalue weighted by Gasteiger charge is 2.38. The van der Waals surface area contributed by atoms with Crippen LogP contribution in [-0.2, 0) is 14.8 Å². The minimum Gasteiger partial charge on any atom is -0.465 e. The second-order valence-electron chi connectivity index (χ2n) is 5.17. The van der Waals surface area contributed by atoms with E-state index in [2.05, 4.69) is 9.88 Å². The van der Waals surface area contributed by atoms with Gasteiger partial charge in [-0.25, -0.2) is 17.9 Å². The number of hydrogen-bond donors (Lipinski definition) is 1. The molecule has 1 aliphatic rings. The summed E-state index contributed by atoms with van der Waals surface area (Å²) in [7, 11) is -2.49. The third kappa shape index (κ3) is 3.09. The average molecular weight is 391 g/mol. The molecular formula is C14H12Cl2N2O5S. The fourth-order valence-electron chi connectivity index (χ4n) is 2.14. The van der Waals surface area contributed by atoms with Crippen molar-refractivity contribution in [3.05, 3.63) is 33.8 Å². The maximum atomic E-state index is 12.1. The van der Waals surface area contributed by atoms with Crippen molar-refractivity contribution in [2.75, 3.05) is 11.8 Å². The smallest absolute Gasteiger partial charge is 0.345 e. The SMILES string of the molecule is COC(=O)c1c(-c2c(Cl)cccc2Cl)noc1NS(=O)(=O)C1CC1. The number of aromatic nitrogens is 1. The van der Waals surface area contributed by atoms with Gasteiger partial charge in [0.1, 0.15) is 5.69 Å². The number of carbonyl (C=O) groups excluding carboxylic acids is 1. The van der Waals surface area contributed by atoms with E-state index in [-0.39, 0.29) is 32.8 Å². The molecule has 1 aromatic carbocycles. The summed E-state index contributed by atoms with van der Waals surface area (Å²) in [6.07, 6.45) is 1.11. The van der Waals surface area contributed by atoms with Crippen LogP contribution in [0.1, 0.15) is 23.2 Å². The number of anilines is 1. The lowest BCUT2D eigenvalue weighted by Crippen LogP contribution is -2.19. The number of nitrogens with zero attached hydrogens (tertiary/aromatic N) is 1. The summed E-state index contributed by atoms with van der Waals surface area (Å²) in [5, 5.41) is 3.74. The molecule has 10 heteroatoms. The summed E-state index contributed by atoms with van der Waals surface area (Å²) in [6, 6.07) is 4.75. The van der Waals surface area contributed by atoms with Crippen LogP contribution in [0.5, 0.6) is 0 Å². The third-order valence-corrected chi connectivity index (χ3v) is 5.93. The summed E-state index contributed by atoms with van der Waals surface area (Å²) >= 11 is 12.3. The molecule has 24 heavy (non-hydrogen) atoms. The minimum atomic E-state index is -3.65. The van der Waals surface area contributed by atoms with Crippen LogP contribution in [0.25, 0.3) is 11.3 Å². The zero-order valence-corrected chi connectivity index (χ0v) is 14.7. The first kappa shape index (κ1) is 17.1. The maximum Gasteiger partial charge on any atom is 0.345 e. The monoisotopic (exact) mass is 390 g/mol. The molecule has 1 heterocycles. The Morgan fingerprint density at radius 1 is 1.33 bits per heavy atom. The van der Waals surface area contributed by atoms with Gasteiger partial charge >= 0.3 is 5.97 Å². The predicted molar refractivity (Wildman–Crippen MR) is 88.9 cm³/mol. The van der Waals surface area contributed by atoms with Gasteiger partial charge in [0.2, 0.25) is 10.0 Å². The number of halogens is 2. The molecule has 1 aliphatic carbocycles. The van der Waals surface area contributed by atoms with Crippen molar-refractivity contribution >= 4 is 45.1 Å². The van der Waals surface area contributed by atoms with Crippen molar-refractivity contribution in [1.82, 2.24) is 5.16 Å². The first-order valence-corrected chi connectivity index (χ1v) is 9.19. The van der Waals surface area contributed by atoms with E-state index in [1.54, 1.807) is 18.2 Å². The van der Waals surface area contributed by atoms with Crippen molar-refractivity contribution in [3.63, 3.8) is 0 Å². The predicted octanol–water partition coefficient (Wildman–Crippen LogP) is 3.34. The molecule has 2 aromatic rings. The summed E-state index contributed by atoms with van der Waals surface area (Å²) in [6.45, 7) is 0. The molecule has 128 valence electrons. The number of rotatable bonds is 5. The van der Waals surface area contributed by atoms with Gasteiger partial charge in [-0.2, -0.15) is 0 Å². The highest BCUT2D eigenvalue weighted by Crippen LogP contribution is 2.39. The number of sulfonamides is 1. The van der Waals surface area contributed by atoms with Crippen LogP contribution in [0.3, 0.4) is 0 Å². The Morgan fingerprint density at radius 2 is 1.96 bits per heavy atom. The Bertz CT molecular complexity index is 886. The van der Waals surface area contributed by atoms with E-state index < -0.39 is 21.2 Å². The third-order valence-electron chi connectivity index (χ3n) is 3.48. The minimum absolute atomic E-state index is 0.00551. The molecule has 7 nitrogen and oxygen atoms in total. The number of benzene rings is 1. The van der Waals surface area contributed by atoms with Crippen molar-refractivity contribution < 1.29 is 22.5 Å². The molecule has 0 bridgehead atoms. The van der Waals surface area contributed by atoms with Crippen LogP contribution in [0.4, 0.5) is 5.88 Å². The van der Waals surface area contributed by atoms with E-state index in [1.165, 1.54) is 0 Å². The average Bonchev–Trinajstić information content (AvgIpc) is 3.31. The molecule has 0 spiro atoms. The van der Waals surface area contributed by atoms with Crippen LogP contribution >= 0.6 is 23.2 Å². The molecule has 0 radical (unpaired) electrons. The summed E-state index contributed by atoms with van der Waals surface area (Å²) in [5.74, 6) is -1.14. The van der Waals surface area contributed by atoms with Crippen molar-refractivity contribution in [3.8, 4) is 11.3 Å². The van der Waals surface area contributed by atoms with Gasteiger partial charge in [-0.1, -0.05) is 34.4 Å². The lowest BCUT2D eigenvalue weighted by Gasteiger charge is -2.07. The fraction of sp³-hybridized carbons (Fsp3) is 0.286. The van der Waals surface area contributed by atoms with E-state index in [0.29, 0.717) is 12.8 Å². The van der Waals surface area contributed by atoms with Gasteiger partial charge in [-0.05, 0) is 25.0 Å². The van der Waals surface area contributed by atoms with Gasteiger partial charge in [0.05, 0.1) is 22.4 Å². The van der Waals surface area contributed by atoms with Crippen molar-refractivity contribution in [2.45, 2.75) is 18.1 Å². The van der Waals surface area contributed by atoms with Gasteiger partial charge in [-0.15, -0.1) is 0 Å². The first-order valence-electron chi connectivity index (χ1n) is 6.89. The van der Waals surface area contributed by atoms with Crippen LogP contribution in [0.2, 0.25) is 10.0 Å². The van der Waals surface area contributed by atoms with Gasteiger partial charge in [0, 0.05) is 5.56 Å². The van der Waals surface area contributed by atoms with E-state index in [4.69, 9.17) is 32.5 Å². The molecule has 0 saturated heterocycles. The number of nitrogens with one attached hydrogen (secondary N) is 1. The number of methoxy groups -OCH3 is 1. The number of ether oxygens (including phenoxy) is 1. The number of esters is 1. The molecule has 3 rings (SSSR count). The van der Waals surface area contributed by atoms with Gasteiger partial charge < -0.3 is 9.26 Å². The van der Waals surface area contributed by atoms with Gasteiger partial charge in [0.25, 0.3) is 5.88 Å². The second kappa shape index (κ2) is 6.27. The van der Waals surface area contributed by atoms with Crippen LogP contribution < -0.4 is 4.72 Å². The molecule has 1 saturated carbocycles. The molecule has 0 amide bonds. The molecule has 1 fully saturated rings. The molecule has 1 N–H and O–H groups in total. The topological polar surface area (TPSA) is 98.5 Å². The fourth-order valence-corrected chi connectivity index (χ4v) is 4.03. The van der Waals surface area contributed by atoms with Crippen molar-refractivity contribution in [2.24, 2.45) is 0 Å². The summed E-state index contributed by atoms with van der Waals surface area (Å²) in [4.78, 5) is 12.1. The quantitative estimate of drug-likeness (QED) is 0.785. The second-order valence-corrected chi connectivity index (χ2v) is 7.95. The van der Waals surface area contributed by atoms with Gasteiger partial charge in [0.15, 0.2) is 5.56 Å². The first-order chi connectivity index (χ1) is 11.3. The van der Waals surface area contributed by atoms with Crippen LogP contribution in [0, 0.1) is 0 Å². The van der Waals surface area contributed by atoms with Gasteiger partial charge in [-0.3, -0.25) is 0 Å². The van der Waals surface area contributed by atoms with E-state index in [0.717, 1.165) is 7.11 Å². The van der Waals surface area contributed by atoms with Crippen LogP contribution in [0.15, 0.2) is 22.7 Å². The molecular weight excluding hydrogens is 379 g/mol. The Balaban J connectivity index is 2.13. The largest absolute Gasteiger partial charge is 0.465 e. The van der Waals surface area contributed by atoms with E-state index in [1.807, 2.05) is 0 Å². The zero-order valence-electron chi connectivity index (χ0n) is 12.4. The summed E-state index contributed by atoms with van der Waals surface area (Å²) < 4.78 is 36.2. The zero-order chi connectivity index (χ0) is 17.5.